The number of nitrogens with one attached hydrogen (secondary N) is 2. The molecule has 1 aromatic rings. The van der Waals surface area contributed by atoms with Gasteiger partial charge in [-0.15, -0.1) is 0 Å². The second-order valence-electron chi connectivity index (χ2n) is 4.86. The molecule has 2 N–H and O–H groups in total. The molecule has 1 saturated heterocycles. The Bertz CT molecular complexity index is 477. The molecule has 1 fully saturated rings. The van der Waals surface area contributed by atoms with E-state index in [0.29, 0.717) is 6.54 Å². The van der Waals surface area contributed by atoms with Crippen LogP contribution in [-0.4, -0.2) is 24.1 Å². The van der Waals surface area contributed by atoms with E-state index in [1.165, 1.54) is 12.1 Å². The van der Waals surface area contributed by atoms with Gasteiger partial charge in [0.2, 0.25) is 0 Å². The Hall–Kier alpha value is -1.76. The average molecular weight is 285 g/mol. The summed E-state index contributed by atoms with van der Waals surface area (Å²) in [5.74, 6) is 0. The standard InChI is InChI=1S/C13H17F2N3O2/c14-13(15)11-7-10(18(19)20)4-5-12(11)17-8-9-3-1-2-6-16-9/h4-5,7,9,13,16-17H,1-3,6,8H2. The molecule has 0 saturated carbocycles. The van der Waals surface area contributed by atoms with Gasteiger partial charge in [0.05, 0.1) is 4.92 Å². The largest absolute Gasteiger partial charge is 0.383 e. The summed E-state index contributed by atoms with van der Waals surface area (Å²) in [6.07, 6.45) is 0.526. The fourth-order valence-electron chi connectivity index (χ4n) is 2.34. The molecule has 1 aromatic carbocycles. The van der Waals surface area contributed by atoms with Crippen LogP contribution in [0.25, 0.3) is 0 Å². The van der Waals surface area contributed by atoms with E-state index in [0.717, 1.165) is 31.9 Å². The molecular formula is C13H17F2N3O2. The van der Waals surface area contributed by atoms with E-state index in [-0.39, 0.29) is 23.0 Å². The minimum Gasteiger partial charge on any atom is -0.383 e. The monoisotopic (exact) mass is 285 g/mol. The minimum absolute atomic E-state index is 0.254. The smallest absolute Gasteiger partial charge is 0.270 e. The van der Waals surface area contributed by atoms with Gasteiger partial charge >= 0.3 is 0 Å². The number of nitrogens with zero attached hydrogens (tertiary/aromatic N) is 1. The molecule has 5 nitrogen and oxygen atoms in total. The molecule has 0 aliphatic carbocycles. The first kappa shape index (κ1) is 14.6. The number of hydrogen-bond donors (Lipinski definition) is 2. The molecular weight excluding hydrogens is 268 g/mol. The molecule has 1 aliphatic heterocycles. The lowest BCUT2D eigenvalue weighted by Gasteiger charge is -2.24. The number of benzene rings is 1. The third kappa shape index (κ3) is 3.63. The quantitative estimate of drug-likeness (QED) is 0.644. The van der Waals surface area contributed by atoms with Crippen LogP contribution in [0.3, 0.4) is 0 Å². The van der Waals surface area contributed by atoms with Gasteiger partial charge in [-0.1, -0.05) is 6.42 Å². The molecule has 0 aromatic heterocycles. The predicted octanol–water partition coefficient (Wildman–Crippen LogP) is 3.09. The minimum atomic E-state index is -2.74. The highest BCUT2D eigenvalue weighted by molar-refractivity contribution is 5.56. The number of nitro groups is 1. The summed E-state index contributed by atoms with van der Waals surface area (Å²) >= 11 is 0. The number of halogens is 2. The van der Waals surface area contributed by atoms with Gasteiger partial charge in [-0.25, -0.2) is 8.78 Å². The number of rotatable bonds is 5. The lowest BCUT2D eigenvalue weighted by Crippen LogP contribution is -2.39. The van der Waals surface area contributed by atoms with Crippen molar-refractivity contribution in [3.63, 3.8) is 0 Å². The lowest BCUT2D eigenvalue weighted by atomic mass is 10.0. The first-order valence-electron chi connectivity index (χ1n) is 6.61. The van der Waals surface area contributed by atoms with Crippen LogP contribution in [-0.2, 0) is 0 Å². The van der Waals surface area contributed by atoms with Gasteiger partial charge < -0.3 is 10.6 Å². The highest BCUT2D eigenvalue weighted by Crippen LogP contribution is 2.30. The normalized spacial score (nSPS) is 19.1. The number of piperidine rings is 1. The number of hydrogen-bond acceptors (Lipinski definition) is 4. The van der Waals surface area contributed by atoms with E-state index >= 15 is 0 Å². The summed E-state index contributed by atoms with van der Waals surface area (Å²) in [6, 6.07) is 3.77. The Balaban J connectivity index is 2.07. The van der Waals surface area contributed by atoms with Gasteiger partial charge in [0, 0.05) is 36.0 Å². The molecule has 110 valence electrons. The molecule has 0 radical (unpaired) electrons. The molecule has 20 heavy (non-hydrogen) atoms. The third-order valence-corrected chi connectivity index (χ3v) is 3.43. The van der Waals surface area contributed by atoms with E-state index < -0.39 is 11.3 Å². The van der Waals surface area contributed by atoms with E-state index in [9.17, 15) is 18.9 Å². The van der Waals surface area contributed by atoms with Crippen LogP contribution in [0.4, 0.5) is 20.2 Å². The van der Waals surface area contributed by atoms with Crippen LogP contribution < -0.4 is 10.6 Å². The van der Waals surface area contributed by atoms with Crippen molar-refractivity contribution in [1.29, 1.82) is 0 Å². The van der Waals surface area contributed by atoms with Gasteiger partial charge in [0.15, 0.2) is 0 Å². The number of alkyl halides is 2. The Morgan fingerprint density at radius 2 is 2.25 bits per heavy atom. The zero-order chi connectivity index (χ0) is 14.5. The van der Waals surface area contributed by atoms with Crippen molar-refractivity contribution in [3.8, 4) is 0 Å². The molecule has 7 heteroatoms. The summed E-state index contributed by atoms with van der Waals surface area (Å²) in [4.78, 5) is 9.95. The van der Waals surface area contributed by atoms with Gasteiger partial charge in [0.1, 0.15) is 0 Å². The van der Waals surface area contributed by atoms with Crippen molar-refractivity contribution in [1.82, 2.24) is 5.32 Å². The average Bonchev–Trinajstić information content (AvgIpc) is 2.45. The highest BCUT2D eigenvalue weighted by atomic mass is 19.3. The molecule has 0 amide bonds. The van der Waals surface area contributed by atoms with Crippen molar-refractivity contribution < 1.29 is 13.7 Å². The highest BCUT2D eigenvalue weighted by Gasteiger charge is 2.19. The zero-order valence-corrected chi connectivity index (χ0v) is 10.9. The summed E-state index contributed by atoms with van der Waals surface area (Å²) < 4.78 is 25.9. The number of nitro benzene ring substituents is 1. The molecule has 1 unspecified atom stereocenters. The Kier molecular flexibility index (Phi) is 4.84. The molecule has 2 rings (SSSR count). The van der Waals surface area contributed by atoms with Crippen LogP contribution in [0.5, 0.6) is 0 Å². The number of anilines is 1. The molecule has 1 atom stereocenters. The molecule has 1 heterocycles. The Morgan fingerprint density at radius 1 is 1.45 bits per heavy atom. The molecule has 0 bridgehead atoms. The van der Waals surface area contributed by atoms with Crippen LogP contribution >= 0.6 is 0 Å². The van der Waals surface area contributed by atoms with E-state index in [1.54, 1.807) is 0 Å². The van der Waals surface area contributed by atoms with Crippen LogP contribution in [0.2, 0.25) is 0 Å². The SMILES string of the molecule is O=[N+]([O-])c1ccc(NCC2CCCCN2)c(C(F)F)c1. The second kappa shape index (κ2) is 6.60. The summed E-state index contributed by atoms with van der Waals surface area (Å²) in [6.45, 7) is 1.48. The zero-order valence-electron chi connectivity index (χ0n) is 10.9. The van der Waals surface area contributed by atoms with Gasteiger partial charge in [-0.2, -0.15) is 0 Å². The molecule has 1 aliphatic rings. The fourth-order valence-corrected chi connectivity index (χ4v) is 2.34. The topological polar surface area (TPSA) is 67.2 Å². The predicted molar refractivity (Wildman–Crippen MR) is 72.2 cm³/mol. The van der Waals surface area contributed by atoms with Crippen molar-refractivity contribution >= 4 is 11.4 Å². The fraction of sp³-hybridized carbons (Fsp3) is 0.538. The van der Waals surface area contributed by atoms with Crippen molar-refractivity contribution in [2.45, 2.75) is 31.7 Å². The maximum atomic E-state index is 13.0. The van der Waals surface area contributed by atoms with E-state index in [1.807, 2.05) is 0 Å². The maximum absolute atomic E-state index is 13.0. The Labute approximate surface area is 115 Å². The van der Waals surface area contributed by atoms with Crippen molar-refractivity contribution in [3.05, 3.63) is 33.9 Å². The first-order chi connectivity index (χ1) is 9.58. The van der Waals surface area contributed by atoms with Crippen LogP contribution in [0.15, 0.2) is 18.2 Å². The van der Waals surface area contributed by atoms with E-state index in [4.69, 9.17) is 0 Å². The summed E-state index contributed by atoms with van der Waals surface area (Å²) in [7, 11) is 0. The van der Waals surface area contributed by atoms with Gasteiger partial charge in [-0.3, -0.25) is 10.1 Å². The summed E-state index contributed by atoms with van der Waals surface area (Å²) in [5, 5.41) is 16.9. The van der Waals surface area contributed by atoms with E-state index in [2.05, 4.69) is 10.6 Å². The van der Waals surface area contributed by atoms with Gasteiger partial charge in [0.25, 0.3) is 12.1 Å². The van der Waals surface area contributed by atoms with Crippen molar-refractivity contribution in [2.75, 3.05) is 18.4 Å². The first-order valence-corrected chi connectivity index (χ1v) is 6.61. The van der Waals surface area contributed by atoms with Crippen LogP contribution in [0, 0.1) is 10.1 Å². The maximum Gasteiger partial charge on any atom is 0.270 e. The number of non-ortho nitro benzene ring substituents is 1. The third-order valence-electron chi connectivity index (χ3n) is 3.43. The lowest BCUT2D eigenvalue weighted by molar-refractivity contribution is -0.385. The molecule has 0 spiro atoms. The Morgan fingerprint density at radius 3 is 2.85 bits per heavy atom. The second-order valence-corrected chi connectivity index (χ2v) is 4.86. The van der Waals surface area contributed by atoms with Crippen LogP contribution in [0.1, 0.15) is 31.3 Å². The van der Waals surface area contributed by atoms with Gasteiger partial charge in [-0.05, 0) is 25.5 Å². The van der Waals surface area contributed by atoms with Crippen molar-refractivity contribution in [2.24, 2.45) is 0 Å². The summed E-state index contributed by atoms with van der Waals surface area (Å²) in [5.41, 5.74) is -0.380.